The first-order valence-corrected chi connectivity index (χ1v) is 8.70. The molecule has 1 aliphatic rings. The van der Waals surface area contributed by atoms with Gasteiger partial charge in [-0.2, -0.15) is 10.3 Å². The molecule has 2 rings (SSSR count). The maximum absolute atomic E-state index is 12.4. The first-order chi connectivity index (χ1) is 11.1. The highest BCUT2D eigenvalue weighted by Crippen LogP contribution is 2.36. The Hall–Kier alpha value is -2.37. The van der Waals surface area contributed by atoms with Crippen molar-refractivity contribution in [2.24, 2.45) is 4.99 Å². The summed E-state index contributed by atoms with van der Waals surface area (Å²) in [6.07, 6.45) is 3.55. The molecule has 0 saturated heterocycles. The smallest absolute Gasteiger partial charge is 0.242 e. The number of nitrogens with zero attached hydrogens (tertiary/aromatic N) is 3. The molecule has 0 radical (unpaired) electrons. The molecule has 0 unspecified atom stereocenters. The van der Waals surface area contributed by atoms with Crippen LogP contribution in [0.3, 0.4) is 0 Å². The van der Waals surface area contributed by atoms with Gasteiger partial charge in [0.05, 0.1) is 10.6 Å². The summed E-state index contributed by atoms with van der Waals surface area (Å²) >= 11 is 0. The third-order valence-corrected chi connectivity index (χ3v) is 5.23. The third kappa shape index (κ3) is 3.58. The van der Waals surface area contributed by atoms with Gasteiger partial charge in [0, 0.05) is 19.7 Å². The van der Waals surface area contributed by atoms with Crippen LogP contribution < -0.4 is 10.1 Å². The number of aliphatic imine (C=N–C) groups is 1. The number of sulfonamides is 1. The van der Waals surface area contributed by atoms with Crippen LogP contribution in [-0.4, -0.2) is 38.3 Å². The largest absolute Gasteiger partial charge is 0.483 e. The molecule has 1 heterocycles. The van der Waals surface area contributed by atoms with Crippen molar-refractivity contribution in [1.82, 2.24) is 9.62 Å². The summed E-state index contributed by atoms with van der Waals surface area (Å²) < 4.78 is 31.8. The summed E-state index contributed by atoms with van der Waals surface area (Å²) in [4.78, 5) is 3.81. The quantitative estimate of drug-likeness (QED) is 0.512. The zero-order chi connectivity index (χ0) is 18.1. The fourth-order valence-electron chi connectivity index (χ4n) is 2.32. The molecule has 0 bridgehead atoms. The Morgan fingerprint density at radius 3 is 2.62 bits per heavy atom. The van der Waals surface area contributed by atoms with Crippen LogP contribution in [0.15, 0.2) is 34.2 Å². The molecular weight excluding hydrogens is 328 g/mol. The lowest BCUT2D eigenvalue weighted by molar-refractivity contribution is 0.157. The molecule has 0 saturated carbocycles. The SMILES string of the molecule is C/C(=N\C#N)NC1=CC(C)(C)Oc2ccc(S(=O)(=O)N(C)C)cc21. The van der Waals surface area contributed by atoms with Crippen molar-refractivity contribution in [2.45, 2.75) is 31.3 Å². The molecular formula is C16H20N4O3S. The van der Waals surface area contributed by atoms with E-state index in [4.69, 9.17) is 10.00 Å². The monoisotopic (exact) mass is 348 g/mol. The normalized spacial score (nSPS) is 16.7. The average molecular weight is 348 g/mol. The van der Waals surface area contributed by atoms with Crippen LogP contribution in [0.4, 0.5) is 0 Å². The molecule has 24 heavy (non-hydrogen) atoms. The second kappa shape index (κ2) is 6.26. The van der Waals surface area contributed by atoms with Gasteiger partial charge in [-0.05, 0) is 45.0 Å². The lowest BCUT2D eigenvalue weighted by Crippen LogP contribution is -2.33. The lowest BCUT2D eigenvalue weighted by atomic mass is 9.99. The van der Waals surface area contributed by atoms with Crippen molar-refractivity contribution in [1.29, 1.82) is 5.26 Å². The molecule has 0 aromatic heterocycles. The summed E-state index contributed by atoms with van der Waals surface area (Å²) in [5.41, 5.74) is 0.669. The summed E-state index contributed by atoms with van der Waals surface area (Å²) in [6, 6.07) is 4.71. The van der Waals surface area contributed by atoms with Crippen molar-refractivity contribution in [2.75, 3.05) is 14.1 Å². The first-order valence-electron chi connectivity index (χ1n) is 7.26. The molecule has 1 aromatic carbocycles. The molecule has 1 aliphatic heterocycles. The number of benzene rings is 1. The van der Waals surface area contributed by atoms with E-state index in [0.717, 1.165) is 4.31 Å². The molecule has 0 aliphatic carbocycles. The summed E-state index contributed by atoms with van der Waals surface area (Å²) in [5, 5.41) is 11.7. The minimum atomic E-state index is -3.56. The Bertz CT molecular complexity index is 862. The van der Waals surface area contributed by atoms with Crippen LogP contribution >= 0.6 is 0 Å². The highest BCUT2D eigenvalue weighted by Gasteiger charge is 2.29. The van der Waals surface area contributed by atoms with Crippen LogP contribution in [0.25, 0.3) is 5.70 Å². The topological polar surface area (TPSA) is 94.8 Å². The van der Waals surface area contributed by atoms with E-state index < -0.39 is 15.6 Å². The number of hydrogen-bond donors (Lipinski definition) is 1. The Kier molecular flexibility index (Phi) is 4.69. The summed E-state index contributed by atoms with van der Waals surface area (Å²) in [6.45, 7) is 5.43. The van der Waals surface area contributed by atoms with E-state index in [0.29, 0.717) is 22.8 Å². The number of fused-ring (bicyclic) bond motifs is 1. The minimum absolute atomic E-state index is 0.164. The minimum Gasteiger partial charge on any atom is -0.483 e. The number of nitrogens with one attached hydrogen (secondary N) is 1. The number of rotatable bonds is 3. The van der Waals surface area contributed by atoms with Gasteiger partial charge in [0.25, 0.3) is 0 Å². The van der Waals surface area contributed by atoms with Gasteiger partial charge in [0.1, 0.15) is 17.2 Å². The zero-order valence-electron chi connectivity index (χ0n) is 14.3. The Morgan fingerprint density at radius 2 is 2.04 bits per heavy atom. The second-order valence-electron chi connectivity index (χ2n) is 6.13. The van der Waals surface area contributed by atoms with Gasteiger partial charge in [-0.25, -0.2) is 12.7 Å². The van der Waals surface area contributed by atoms with E-state index in [1.807, 2.05) is 19.9 Å². The number of amidine groups is 1. The fourth-order valence-corrected chi connectivity index (χ4v) is 3.25. The van der Waals surface area contributed by atoms with Gasteiger partial charge in [-0.15, -0.1) is 0 Å². The third-order valence-electron chi connectivity index (χ3n) is 3.42. The van der Waals surface area contributed by atoms with E-state index in [2.05, 4.69) is 10.3 Å². The van der Waals surface area contributed by atoms with Crippen molar-refractivity contribution in [3.05, 3.63) is 29.8 Å². The average Bonchev–Trinajstić information content (AvgIpc) is 2.45. The van der Waals surface area contributed by atoms with Crippen LogP contribution in [0, 0.1) is 11.5 Å². The van der Waals surface area contributed by atoms with Crippen LogP contribution in [0.5, 0.6) is 5.75 Å². The molecule has 0 amide bonds. The molecule has 0 fully saturated rings. The maximum atomic E-state index is 12.4. The van der Waals surface area contributed by atoms with Gasteiger partial charge in [0.2, 0.25) is 16.2 Å². The Morgan fingerprint density at radius 1 is 1.38 bits per heavy atom. The molecule has 0 atom stereocenters. The van der Waals surface area contributed by atoms with E-state index in [1.54, 1.807) is 25.2 Å². The first kappa shape index (κ1) is 18.0. The molecule has 7 nitrogen and oxygen atoms in total. The van der Waals surface area contributed by atoms with Crippen molar-refractivity contribution < 1.29 is 13.2 Å². The molecule has 1 N–H and O–H groups in total. The standard InChI is InChI=1S/C16H20N4O3S/c1-11(18-10-17)19-14-9-16(2,3)23-15-7-6-12(8-13(14)15)24(21,22)20(4)5/h6-9H,1-5H3,(H,18,19). The van der Waals surface area contributed by atoms with Gasteiger partial charge < -0.3 is 10.1 Å². The van der Waals surface area contributed by atoms with Crippen molar-refractivity contribution in [3.8, 4) is 11.9 Å². The predicted octanol–water partition coefficient (Wildman–Crippen LogP) is 1.94. The van der Waals surface area contributed by atoms with E-state index in [-0.39, 0.29) is 4.90 Å². The Labute approximate surface area is 142 Å². The highest BCUT2D eigenvalue weighted by molar-refractivity contribution is 7.89. The number of ether oxygens (including phenoxy) is 1. The summed E-state index contributed by atoms with van der Waals surface area (Å²) in [7, 11) is -0.602. The lowest BCUT2D eigenvalue weighted by Gasteiger charge is -2.31. The van der Waals surface area contributed by atoms with E-state index in [1.165, 1.54) is 20.2 Å². The highest BCUT2D eigenvalue weighted by atomic mass is 32.2. The summed E-state index contributed by atoms with van der Waals surface area (Å²) in [5.74, 6) is 0.973. The van der Waals surface area contributed by atoms with Crippen LogP contribution in [0.1, 0.15) is 26.3 Å². The van der Waals surface area contributed by atoms with Gasteiger partial charge in [-0.3, -0.25) is 0 Å². The van der Waals surface area contributed by atoms with Crippen LogP contribution in [0.2, 0.25) is 0 Å². The fraction of sp³-hybridized carbons (Fsp3) is 0.375. The Balaban J connectivity index is 2.57. The van der Waals surface area contributed by atoms with E-state index in [9.17, 15) is 8.42 Å². The van der Waals surface area contributed by atoms with Gasteiger partial charge in [-0.1, -0.05) is 0 Å². The second-order valence-corrected chi connectivity index (χ2v) is 8.28. The van der Waals surface area contributed by atoms with Crippen molar-refractivity contribution in [3.63, 3.8) is 0 Å². The van der Waals surface area contributed by atoms with Crippen molar-refractivity contribution >= 4 is 21.6 Å². The molecule has 8 heteroatoms. The zero-order valence-corrected chi connectivity index (χ0v) is 15.1. The van der Waals surface area contributed by atoms with Crippen LogP contribution in [-0.2, 0) is 10.0 Å². The number of nitriles is 1. The van der Waals surface area contributed by atoms with Gasteiger partial charge in [0.15, 0.2) is 0 Å². The molecule has 1 aromatic rings. The maximum Gasteiger partial charge on any atom is 0.242 e. The number of hydrogen-bond acceptors (Lipinski definition) is 5. The van der Waals surface area contributed by atoms with Gasteiger partial charge >= 0.3 is 0 Å². The molecule has 128 valence electrons. The molecule has 0 spiro atoms. The van der Waals surface area contributed by atoms with E-state index >= 15 is 0 Å². The predicted molar refractivity (Wildman–Crippen MR) is 91.9 cm³/mol.